The Bertz CT molecular complexity index is 434. The summed E-state index contributed by atoms with van der Waals surface area (Å²) in [6.45, 7) is -1.16. The largest absolute Gasteiger partial charge is 0.408 e. The number of carbonyl (C=O) groups is 1. The number of hydrogen-bond donors (Lipinski definition) is 1. The Morgan fingerprint density at radius 3 is 2.71 bits per heavy atom. The molecule has 1 aliphatic carbocycles. The Labute approximate surface area is 95.8 Å². The number of aromatic nitrogens is 2. The van der Waals surface area contributed by atoms with E-state index < -0.39 is 12.7 Å². The molecule has 1 aromatic heterocycles. The van der Waals surface area contributed by atoms with Crippen LogP contribution in [0, 0.1) is 0 Å². The molecule has 0 aromatic carbocycles. The number of hydrogen-bond acceptors (Lipinski definition) is 2. The molecule has 0 spiro atoms. The lowest BCUT2D eigenvalue weighted by Gasteiger charge is -2.05. The molecule has 1 heterocycles. The van der Waals surface area contributed by atoms with Gasteiger partial charge >= 0.3 is 6.18 Å². The molecule has 0 atom stereocenters. The van der Waals surface area contributed by atoms with Crippen molar-refractivity contribution in [3.8, 4) is 0 Å². The third-order valence-electron chi connectivity index (χ3n) is 2.57. The highest BCUT2D eigenvalue weighted by molar-refractivity contribution is 5.95. The predicted octanol–water partition coefficient (Wildman–Crippen LogP) is 1.68. The van der Waals surface area contributed by atoms with Crippen LogP contribution in [0.5, 0.6) is 0 Å². The first kappa shape index (κ1) is 11.9. The number of rotatable bonds is 3. The van der Waals surface area contributed by atoms with Gasteiger partial charge in [-0.3, -0.25) is 9.48 Å². The van der Waals surface area contributed by atoms with Gasteiger partial charge in [0, 0.05) is 19.2 Å². The smallest absolute Gasteiger partial charge is 0.355 e. The van der Waals surface area contributed by atoms with Crippen LogP contribution in [-0.2, 0) is 6.54 Å². The molecule has 0 aliphatic heterocycles. The van der Waals surface area contributed by atoms with Crippen molar-refractivity contribution < 1.29 is 18.0 Å². The summed E-state index contributed by atoms with van der Waals surface area (Å²) in [7, 11) is 1.44. The first-order valence-electron chi connectivity index (χ1n) is 5.27. The third-order valence-corrected chi connectivity index (χ3v) is 2.57. The van der Waals surface area contributed by atoms with Crippen LogP contribution >= 0.6 is 0 Å². The lowest BCUT2D eigenvalue weighted by molar-refractivity contribution is -0.142. The SMILES string of the molecule is CNC(=O)c1cn(CC(F)(F)F)nc1C1CC1. The number of amides is 1. The molecule has 0 radical (unpaired) electrons. The average molecular weight is 247 g/mol. The molecule has 0 saturated heterocycles. The fourth-order valence-electron chi connectivity index (χ4n) is 1.67. The lowest BCUT2D eigenvalue weighted by Crippen LogP contribution is -2.19. The van der Waals surface area contributed by atoms with Gasteiger partial charge in [0.1, 0.15) is 6.54 Å². The van der Waals surface area contributed by atoms with Gasteiger partial charge in [-0.25, -0.2) is 0 Å². The molecule has 0 unspecified atom stereocenters. The van der Waals surface area contributed by atoms with Gasteiger partial charge in [-0.05, 0) is 12.8 Å². The van der Waals surface area contributed by atoms with Crippen molar-refractivity contribution in [2.24, 2.45) is 0 Å². The van der Waals surface area contributed by atoms with Gasteiger partial charge in [-0.2, -0.15) is 18.3 Å². The Kier molecular flexibility index (Phi) is 2.84. The fourth-order valence-corrected chi connectivity index (χ4v) is 1.67. The van der Waals surface area contributed by atoms with Gasteiger partial charge in [0.15, 0.2) is 0 Å². The number of nitrogens with one attached hydrogen (secondary N) is 1. The van der Waals surface area contributed by atoms with Crippen LogP contribution in [0.4, 0.5) is 13.2 Å². The third kappa shape index (κ3) is 2.78. The maximum absolute atomic E-state index is 12.2. The van der Waals surface area contributed by atoms with E-state index in [1.165, 1.54) is 13.2 Å². The van der Waals surface area contributed by atoms with Crippen LogP contribution < -0.4 is 5.32 Å². The second-order valence-corrected chi connectivity index (χ2v) is 4.09. The summed E-state index contributed by atoms with van der Waals surface area (Å²) in [5.74, 6) is -0.253. The molecule has 1 N–H and O–H groups in total. The summed E-state index contributed by atoms with van der Waals surface area (Å²) < 4.78 is 37.5. The zero-order valence-electron chi connectivity index (χ0n) is 9.21. The second kappa shape index (κ2) is 4.05. The van der Waals surface area contributed by atoms with Gasteiger partial charge in [0.05, 0.1) is 11.3 Å². The van der Waals surface area contributed by atoms with Gasteiger partial charge in [-0.1, -0.05) is 0 Å². The van der Waals surface area contributed by atoms with Crippen molar-refractivity contribution in [3.63, 3.8) is 0 Å². The van der Waals surface area contributed by atoms with Gasteiger partial charge < -0.3 is 5.32 Å². The zero-order valence-corrected chi connectivity index (χ0v) is 9.21. The molecule has 94 valence electrons. The number of halogens is 3. The summed E-state index contributed by atoms with van der Waals surface area (Å²) in [4.78, 5) is 11.5. The molecule has 1 amide bonds. The summed E-state index contributed by atoms with van der Waals surface area (Å²) in [6.07, 6.45) is -1.40. The minimum absolute atomic E-state index is 0.136. The quantitative estimate of drug-likeness (QED) is 0.883. The lowest BCUT2D eigenvalue weighted by atomic mass is 10.2. The molecule has 4 nitrogen and oxygen atoms in total. The van der Waals surface area contributed by atoms with E-state index in [1.54, 1.807) is 0 Å². The topological polar surface area (TPSA) is 46.9 Å². The van der Waals surface area contributed by atoms with Crippen molar-refractivity contribution in [3.05, 3.63) is 17.5 Å². The number of carbonyl (C=O) groups excluding carboxylic acids is 1. The zero-order chi connectivity index (χ0) is 12.6. The van der Waals surface area contributed by atoms with Gasteiger partial charge in [0.2, 0.25) is 0 Å². The minimum Gasteiger partial charge on any atom is -0.355 e. The summed E-state index contributed by atoms with van der Waals surface area (Å²) in [6, 6.07) is 0. The fraction of sp³-hybridized carbons (Fsp3) is 0.600. The van der Waals surface area contributed by atoms with Crippen LogP contribution in [0.3, 0.4) is 0 Å². The summed E-state index contributed by atoms with van der Waals surface area (Å²) >= 11 is 0. The highest BCUT2D eigenvalue weighted by Crippen LogP contribution is 2.40. The number of alkyl halides is 3. The van der Waals surface area contributed by atoms with Crippen LogP contribution in [0.25, 0.3) is 0 Å². The Morgan fingerprint density at radius 2 is 2.24 bits per heavy atom. The maximum atomic E-state index is 12.2. The van der Waals surface area contributed by atoms with Crippen molar-refractivity contribution in [1.29, 1.82) is 0 Å². The molecule has 1 aliphatic rings. The highest BCUT2D eigenvalue weighted by atomic mass is 19.4. The van der Waals surface area contributed by atoms with E-state index in [2.05, 4.69) is 10.4 Å². The van der Waals surface area contributed by atoms with Crippen LogP contribution in [0.2, 0.25) is 0 Å². The maximum Gasteiger partial charge on any atom is 0.408 e. The first-order chi connectivity index (χ1) is 7.90. The van der Waals surface area contributed by atoms with E-state index in [-0.39, 0.29) is 17.4 Å². The summed E-state index contributed by atoms with van der Waals surface area (Å²) in [5, 5.41) is 6.27. The van der Waals surface area contributed by atoms with E-state index in [0.717, 1.165) is 17.5 Å². The van der Waals surface area contributed by atoms with Crippen LogP contribution in [-0.4, -0.2) is 28.9 Å². The first-order valence-corrected chi connectivity index (χ1v) is 5.27. The molecule has 7 heteroatoms. The van der Waals surface area contributed by atoms with Gasteiger partial charge in [0.25, 0.3) is 5.91 Å². The van der Waals surface area contributed by atoms with Crippen molar-refractivity contribution in [2.75, 3.05) is 7.05 Å². The van der Waals surface area contributed by atoms with E-state index in [1.807, 2.05) is 0 Å². The molecule has 1 saturated carbocycles. The molecule has 17 heavy (non-hydrogen) atoms. The van der Waals surface area contributed by atoms with Crippen LogP contribution in [0.15, 0.2) is 6.20 Å². The van der Waals surface area contributed by atoms with Crippen LogP contribution in [0.1, 0.15) is 34.8 Å². The Morgan fingerprint density at radius 1 is 1.59 bits per heavy atom. The molecule has 1 aromatic rings. The Balaban J connectivity index is 2.27. The molecule has 2 rings (SSSR count). The molecule has 1 fully saturated rings. The van der Waals surface area contributed by atoms with Crippen molar-refractivity contribution in [1.82, 2.24) is 15.1 Å². The molecular weight excluding hydrogens is 235 g/mol. The standard InChI is InChI=1S/C10H12F3N3O/c1-14-9(17)7-4-16(5-10(11,12)13)15-8(7)6-2-3-6/h4,6H,2-3,5H2,1H3,(H,14,17). The number of nitrogens with zero attached hydrogens (tertiary/aromatic N) is 2. The summed E-state index contributed by atoms with van der Waals surface area (Å²) in [5.41, 5.74) is 0.729. The second-order valence-electron chi connectivity index (χ2n) is 4.09. The van der Waals surface area contributed by atoms with Crippen molar-refractivity contribution >= 4 is 5.91 Å². The minimum atomic E-state index is -4.33. The predicted molar refractivity (Wildman–Crippen MR) is 53.6 cm³/mol. The normalized spacial score (nSPS) is 16.0. The van der Waals surface area contributed by atoms with Gasteiger partial charge in [-0.15, -0.1) is 0 Å². The molecule has 0 bridgehead atoms. The average Bonchev–Trinajstić information content (AvgIpc) is 2.98. The van der Waals surface area contributed by atoms with E-state index in [4.69, 9.17) is 0 Å². The monoisotopic (exact) mass is 247 g/mol. The van der Waals surface area contributed by atoms with E-state index in [9.17, 15) is 18.0 Å². The van der Waals surface area contributed by atoms with E-state index >= 15 is 0 Å². The van der Waals surface area contributed by atoms with Crippen molar-refractivity contribution in [2.45, 2.75) is 31.5 Å². The van der Waals surface area contributed by atoms with E-state index in [0.29, 0.717) is 5.69 Å². The highest BCUT2D eigenvalue weighted by Gasteiger charge is 2.34. The molecular formula is C10H12F3N3O. The Hall–Kier alpha value is -1.53.